The van der Waals surface area contributed by atoms with E-state index in [0.29, 0.717) is 6.04 Å². The summed E-state index contributed by atoms with van der Waals surface area (Å²) in [6, 6.07) is 22.5. The number of aryl methyl sites for hydroxylation is 1. The van der Waals surface area contributed by atoms with Crippen LogP contribution in [0.3, 0.4) is 0 Å². The van der Waals surface area contributed by atoms with Gasteiger partial charge in [-0.25, -0.2) is 0 Å². The Labute approximate surface area is 165 Å². The van der Waals surface area contributed by atoms with Crippen molar-refractivity contribution in [2.45, 2.75) is 51.1 Å². The molecule has 2 heterocycles. The molecule has 0 amide bonds. The predicted octanol–water partition coefficient (Wildman–Crippen LogP) is 6.68. The summed E-state index contributed by atoms with van der Waals surface area (Å²) in [6.45, 7) is 9.50. The lowest BCUT2D eigenvalue weighted by atomic mass is 9.78. The van der Waals surface area contributed by atoms with Gasteiger partial charge in [-0.15, -0.1) is 0 Å². The van der Waals surface area contributed by atoms with E-state index in [9.17, 15) is 0 Å². The molecular formula is C26H25NO. The number of nitrogens with zero attached hydrogens (tertiary/aromatic N) is 1. The van der Waals surface area contributed by atoms with Crippen molar-refractivity contribution in [3.63, 3.8) is 0 Å². The number of rotatable bonds is 1. The fourth-order valence-corrected chi connectivity index (χ4v) is 6.25. The minimum Gasteiger partial charge on any atom is -0.456 e. The maximum absolute atomic E-state index is 6.12. The maximum Gasteiger partial charge on any atom is 0.135 e. The minimum atomic E-state index is 0.0305. The molecule has 3 unspecified atom stereocenters. The molecule has 0 saturated carbocycles. The fourth-order valence-electron chi connectivity index (χ4n) is 6.25. The first-order chi connectivity index (χ1) is 13.4. The minimum absolute atomic E-state index is 0.0305. The van der Waals surface area contributed by atoms with Crippen LogP contribution >= 0.6 is 0 Å². The van der Waals surface area contributed by atoms with Gasteiger partial charge in [0.05, 0.1) is 5.54 Å². The highest BCUT2D eigenvalue weighted by Crippen LogP contribution is 2.62. The summed E-state index contributed by atoms with van der Waals surface area (Å²) in [4.78, 5) is 2.69. The lowest BCUT2D eigenvalue weighted by Crippen LogP contribution is -2.48. The topological polar surface area (TPSA) is 16.4 Å². The second-order valence-electron chi connectivity index (χ2n) is 9.19. The number of furan rings is 1. The van der Waals surface area contributed by atoms with Crippen LogP contribution in [0.5, 0.6) is 0 Å². The van der Waals surface area contributed by atoms with Crippen molar-refractivity contribution in [1.29, 1.82) is 0 Å². The Morgan fingerprint density at radius 3 is 2.43 bits per heavy atom. The molecule has 1 saturated heterocycles. The molecule has 2 aliphatic rings. The average molecular weight is 367 g/mol. The van der Waals surface area contributed by atoms with Gasteiger partial charge in [0.2, 0.25) is 0 Å². The Morgan fingerprint density at radius 2 is 1.61 bits per heavy atom. The molecule has 2 bridgehead atoms. The highest BCUT2D eigenvalue weighted by Gasteiger charge is 2.61. The van der Waals surface area contributed by atoms with Crippen LogP contribution in [0.25, 0.3) is 21.9 Å². The van der Waals surface area contributed by atoms with Crippen molar-refractivity contribution in [2.24, 2.45) is 0 Å². The zero-order chi connectivity index (χ0) is 19.3. The molecule has 1 aromatic heterocycles. The maximum atomic E-state index is 6.12. The van der Waals surface area contributed by atoms with Gasteiger partial charge in [-0.05, 0) is 62.1 Å². The first kappa shape index (κ1) is 16.2. The highest BCUT2D eigenvalue weighted by atomic mass is 16.3. The van der Waals surface area contributed by atoms with Gasteiger partial charge >= 0.3 is 0 Å². The average Bonchev–Trinajstić information content (AvgIpc) is 3.23. The third-order valence-corrected chi connectivity index (χ3v) is 7.63. The lowest BCUT2D eigenvalue weighted by Gasteiger charge is -2.46. The van der Waals surface area contributed by atoms with Crippen molar-refractivity contribution < 1.29 is 4.42 Å². The summed E-state index contributed by atoms with van der Waals surface area (Å²) in [7, 11) is 0. The summed E-state index contributed by atoms with van der Waals surface area (Å²) in [5.41, 5.74) is 7.82. The molecule has 28 heavy (non-hydrogen) atoms. The van der Waals surface area contributed by atoms with Crippen LogP contribution in [0.1, 0.15) is 43.9 Å². The molecule has 1 fully saturated rings. The number of para-hydroxylation sites is 1. The summed E-state index contributed by atoms with van der Waals surface area (Å²) >= 11 is 0. The third kappa shape index (κ3) is 1.75. The second-order valence-corrected chi connectivity index (χ2v) is 9.19. The number of fused-ring (bicyclic) bond motifs is 8. The monoisotopic (exact) mass is 367 g/mol. The molecule has 0 radical (unpaired) electrons. The van der Waals surface area contributed by atoms with E-state index < -0.39 is 0 Å². The smallest absolute Gasteiger partial charge is 0.135 e. The summed E-state index contributed by atoms with van der Waals surface area (Å²) in [5.74, 6) is 0. The van der Waals surface area contributed by atoms with E-state index in [-0.39, 0.29) is 11.0 Å². The predicted molar refractivity (Wildman–Crippen MR) is 116 cm³/mol. The van der Waals surface area contributed by atoms with E-state index in [0.717, 1.165) is 11.2 Å². The van der Waals surface area contributed by atoms with Gasteiger partial charge in [0.25, 0.3) is 0 Å². The molecule has 2 nitrogen and oxygen atoms in total. The van der Waals surface area contributed by atoms with E-state index in [1.54, 1.807) is 0 Å². The molecule has 3 atom stereocenters. The van der Waals surface area contributed by atoms with Gasteiger partial charge in [-0.2, -0.15) is 0 Å². The van der Waals surface area contributed by atoms with Gasteiger partial charge in [0.15, 0.2) is 0 Å². The molecule has 0 spiro atoms. The standard InChI is InChI=1S/C26H25NO/c1-16-13-24-19(18-9-5-8-12-23(18)28-24)14-22(16)27-17(2)25(3)15-26(27,4)21-11-7-6-10-20(21)25/h5-14,17H,15H2,1-4H3. The van der Waals surface area contributed by atoms with E-state index in [1.165, 1.54) is 39.6 Å². The second kappa shape index (κ2) is 5.00. The van der Waals surface area contributed by atoms with Gasteiger partial charge in [-0.1, -0.05) is 49.4 Å². The summed E-state index contributed by atoms with van der Waals surface area (Å²) in [6.07, 6.45) is 1.17. The van der Waals surface area contributed by atoms with Gasteiger partial charge in [0, 0.05) is 27.9 Å². The SMILES string of the molecule is Cc1cc2oc3ccccc3c2cc1N1C(C)C2(C)CC1(C)c1ccccc12. The molecule has 3 aromatic carbocycles. The largest absolute Gasteiger partial charge is 0.456 e. The number of benzene rings is 3. The van der Waals surface area contributed by atoms with E-state index in [4.69, 9.17) is 4.42 Å². The highest BCUT2D eigenvalue weighted by molar-refractivity contribution is 6.06. The molecule has 1 aliphatic heterocycles. The van der Waals surface area contributed by atoms with Crippen molar-refractivity contribution >= 4 is 27.6 Å². The van der Waals surface area contributed by atoms with Crippen molar-refractivity contribution in [2.75, 3.05) is 4.90 Å². The first-order valence-electron chi connectivity index (χ1n) is 10.2. The molecule has 2 heteroatoms. The molecule has 140 valence electrons. The Morgan fingerprint density at radius 1 is 0.893 bits per heavy atom. The molecule has 6 rings (SSSR count). The van der Waals surface area contributed by atoms with Gasteiger partial charge in [-0.3, -0.25) is 0 Å². The van der Waals surface area contributed by atoms with Crippen LogP contribution in [-0.2, 0) is 11.0 Å². The van der Waals surface area contributed by atoms with E-state index >= 15 is 0 Å². The van der Waals surface area contributed by atoms with Crippen molar-refractivity contribution in [3.8, 4) is 0 Å². The first-order valence-corrected chi connectivity index (χ1v) is 10.2. The van der Waals surface area contributed by atoms with Crippen LogP contribution in [0.2, 0.25) is 0 Å². The van der Waals surface area contributed by atoms with Gasteiger partial charge < -0.3 is 9.32 Å². The van der Waals surface area contributed by atoms with Crippen LogP contribution in [-0.4, -0.2) is 6.04 Å². The summed E-state index contributed by atoms with van der Waals surface area (Å²) in [5, 5.41) is 2.42. The number of anilines is 1. The van der Waals surface area contributed by atoms with Crippen LogP contribution in [0, 0.1) is 6.92 Å². The Bertz CT molecular complexity index is 1270. The zero-order valence-corrected chi connectivity index (χ0v) is 16.9. The Balaban J connectivity index is 1.62. The van der Waals surface area contributed by atoms with Crippen LogP contribution in [0.4, 0.5) is 5.69 Å². The third-order valence-electron chi connectivity index (χ3n) is 7.63. The Kier molecular flexibility index (Phi) is 2.90. The van der Waals surface area contributed by atoms with Crippen molar-refractivity contribution in [1.82, 2.24) is 0 Å². The molecule has 4 aromatic rings. The summed E-state index contributed by atoms with van der Waals surface area (Å²) < 4.78 is 6.12. The Hall–Kier alpha value is -2.74. The van der Waals surface area contributed by atoms with Crippen LogP contribution in [0.15, 0.2) is 65.1 Å². The molecule has 1 aliphatic carbocycles. The van der Waals surface area contributed by atoms with Gasteiger partial charge in [0.1, 0.15) is 11.2 Å². The quantitative estimate of drug-likeness (QED) is 0.373. The zero-order valence-electron chi connectivity index (χ0n) is 16.9. The number of hydrogen-bond donors (Lipinski definition) is 0. The number of hydrogen-bond acceptors (Lipinski definition) is 2. The lowest BCUT2D eigenvalue weighted by molar-refractivity contribution is 0.450. The molecule has 0 N–H and O–H groups in total. The normalized spacial score (nSPS) is 28.4. The van der Waals surface area contributed by atoms with E-state index in [1.807, 2.05) is 6.07 Å². The van der Waals surface area contributed by atoms with E-state index in [2.05, 4.69) is 87.2 Å². The molecular weight excluding hydrogens is 342 g/mol. The van der Waals surface area contributed by atoms with Crippen molar-refractivity contribution in [3.05, 3.63) is 77.4 Å². The fraction of sp³-hybridized carbons (Fsp3) is 0.308. The van der Waals surface area contributed by atoms with Crippen LogP contribution < -0.4 is 4.90 Å².